The van der Waals surface area contributed by atoms with Crippen molar-refractivity contribution in [3.05, 3.63) is 35.0 Å². The van der Waals surface area contributed by atoms with Gasteiger partial charge in [-0.25, -0.2) is 4.79 Å². The Labute approximate surface area is 240 Å². The molecule has 1 aromatic heterocycles. The van der Waals surface area contributed by atoms with Crippen molar-refractivity contribution >= 4 is 35.3 Å². The van der Waals surface area contributed by atoms with Gasteiger partial charge in [-0.3, -0.25) is 4.79 Å². The predicted molar refractivity (Wildman–Crippen MR) is 160 cm³/mol. The number of carboxylic acid groups (broad SMARTS) is 1. The van der Waals surface area contributed by atoms with E-state index in [1.165, 1.54) is 4.90 Å². The number of piperidine rings is 1. The van der Waals surface area contributed by atoms with E-state index >= 15 is 0 Å². The maximum Gasteiger partial charge on any atom is 0.407 e. The number of para-hydroxylation sites is 1. The minimum Gasteiger partial charge on any atom is -0.465 e. The van der Waals surface area contributed by atoms with Gasteiger partial charge in [0.25, 0.3) is 5.91 Å². The van der Waals surface area contributed by atoms with Gasteiger partial charge in [0.15, 0.2) is 0 Å². The van der Waals surface area contributed by atoms with Crippen LogP contribution in [-0.4, -0.2) is 83.5 Å². The number of carbonyl (C=O) groups excluding carboxylic acids is 1. The number of amides is 2. The van der Waals surface area contributed by atoms with Crippen LogP contribution in [-0.2, 0) is 24.1 Å². The summed E-state index contributed by atoms with van der Waals surface area (Å²) in [6, 6.07) is 6.57. The Kier molecular flexibility index (Phi) is 13.6. The second-order valence-electron chi connectivity index (χ2n) is 10.7. The number of aryl methyl sites for hydroxylation is 2. The number of benzene rings is 1. The lowest BCUT2D eigenvalue weighted by molar-refractivity contribution is 0.0561. The Morgan fingerprint density at radius 2 is 1.97 bits per heavy atom. The number of halogens is 1. The van der Waals surface area contributed by atoms with Crippen molar-refractivity contribution in [1.82, 2.24) is 19.7 Å². The van der Waals surface area contributed by atoms with E-state index in [-0.39, 0.29) is 30.4 Å². The quantitative estimate of drug-likeness (QED) is 0.292. The van der Waals surface area contributed by atoms with Gasteiger partial charge in [-0.1, -0.05) is 31.5 Å². The third-order valence-corrected chi connectivity index (χ3v) is 7.71. The number of hydrogen-bond donors (Lipinski definition) is 2. The van der Waals surface area contributed by atoms with Crippen LogP contribution in [0.3, 0.4) is 0 Å². The van der Waals surface area contributed by atoms with Crippen LogP contribution in [0, 0.1) is 0 Å². The first-order chi connectivity index (χ1) is 18.3. The normalized spacial score (nSPS) is 15.4. The minimum absolute atomic E-state index is 0. The molecule has 8 nitrogen and oxygen atoms in total. The molecular formula is C30H49ClN4O4. The van der Waals surface area contributed by atoms with Crippen molar-refractivity contribution in [3.8, 4) is 0 Å². The van der Waals surface area contributed by atoms with Gasteiger partial charge in [-0.15, -0.1) is 12.4 Å². The fraction of sp³-hybridized carbons (Fsp3) is 0.667. The highest BCUT2D eigenvalue weighted by molar-refractivity contribution is 6.03. The van der Waals surface area contributed by atoms with Crippen LogP contribution in [0.2, 0.25) is 0 Å². The number of fused-ring (bicyclic) bond motifs is 1. The number of carbonyl (C=O) groups is 2. The molecule has 0 radical (unpaired) electrons. The lowest BCUT2D eigenvalue weighted by atomic mass is 10.00. The van der Waals surface area contributed by atoms with Gasteiger partial charge in [-0.05, 0) is 77.0 Å². The molecule has 0 unspecified atom stereocenters. The summed E-state index contributed by atoms with van der Waals surface area (Å²) in [5, 5.41) is 14.2. The molecule has 220 valence electrons. The van der Waals surface area contributed by atoms with Crippen LogP contribution in [0.25, 0.3) is 10.9 Å². The van der Waals surface area contributed by atoms with Gasteiger partial charge in [0.1, 0.15) is 5.69 Å². The standard InChI is InChI=1S/C30H48N4O4.ClH/c1-6-12-25-26-15-10-13-23(16-19-32(7-2)30(36)37)27(26)33(18-8-9-20-38-5)28(25)29(35)34(22(3)4)24-14-11-17-31-21-24;/h10,13,15,22,24,31H,6-9,11-12,14,16-21H2,1-5H3,(H,36,37);1H/t24-;/m1./s1. The topological polar surface area (TPSA) is 87.0 Å². The molecule has 2 amide bonds. The zero-order chi connectivity index (χ0) is 27.7. The van der Waals surface area contributed by atoms with E-state index in [0.717, 1.165) is 85.9 Å². The number of unbranched alkanes of at least 4 members (excludes halogenated alkanes) is 1. The largest absolute Gasteiger partial charge is 0.465 e. The molecule has 1 fully saturated rings. The highest BCUT2D eigenvalue weighted by atomic mass is 35.5. The lowest BCUT2D eigenvalue weighted by Crippen LogP contribution is -2.52. The summed E-state index contributed by atoms with van der Waals surface area (Å²) in [4.78, 5) is 29.8. The second kappa shape index (κ2) is 16.1. The molecule has 0 saturated carbocycles. The second-order valence-corrected chi connectivity index (χ2v) is 10.7. The Morgan fingerprint density at radius 3 is 2.56 bits per heavy atom. The van der Waals surface area contributed by atoms with Crippen molar-refractivity contribution < 1.29 is 19.4 Å². The summed E-state index contributed by atoms with van der Waals surface area (Å²) >= 11 is 0. The van der Waals surface area contributed by atoms with E-state index in [4.69, 9.17) is 4.74 Å². The fourth-order valence-electron chi connectivity index (χ4n) is 5.90. The molecule has 1 atom stereocenters. The Morgan fingerprint density at radius 1 is 1.21 bits per heavy atom. The van der Waals surface area contributed by atoms with E-state index in [2.05, 4.69) is 53.8 Å². The molecule has 0 spiro atoms. The van der Waals surface area contributed by atoms with Gasteiger partial charge in [0, 0.05) is 57.4 Å². The Hall–Kier alpha value is -2.29. The molecule has 1 aliphatic heterocycles. The number of aromatic nitrogens is 1. The number of ether oxygens (including phenoxy) is 1. The zero-order valence-corrected chi connectivity index (χ0v) is 25.3. The smallest absolute Gasteiger partial charge is 0.407 e. The van der Waals surface area contributed by atoms with Gasteiger partial charge in [0.05, 0.1) is 5.52 Å². The van der Waals surface area contributed by atoms with Crippen LogP contribution in [0.1, 0.15) is 81.4 Å². The molecule has 3 rings (SSSR count). The Balaban J connectivity index is 0.00000533. The molecular weight excluding hydrogens is 516 g/mol. The third-order valence-electron chi connectivity index (χ3n) is 7.71. The summed E-state index contributed by atoms with van der Waals surface area (Å²) in [7, 11) is 1.72. The number of hydrogen-bond acceptors (Lipinski definition) is 4. The number of rotatable bonds is 14. The fourth-order valence-corrected chi connectivity index (χ4v) is 5.90. The molecule has 2 heterocycles. The van der Waals surface area contributed by atoms with Gasteiger partial charge in [0.2, 0.25) is 0 Å². The van der Waals surface area contributed by atoms with Crippen LogP contribution >= 0.6 is 12.4 Å². The van der Waals surface area contributed by atoms with Crippen LogP contribution in [0.15, 0.2) is 18.2 Å². The van der Waals surface area contributed by atoms with E-state index in [9.17, 15) is 14.7 Å². The minimum atomic E-state index is -0.897. The zero-order valence-electron chi connectivity index (χ0n) is 24.5. The highest BCUT2D eigenvalue weighted by Gasteiger charge is 2.33. The summed E-state index contributed by atoms with van der Waals surface area (Å²) in [5.74, 6) is 0.117. The van der Waals surface area contributed by atoms with E-state index < -0.39 is 6.09 Å². The maximum atomic E-state index is 14.5. The van der Waals surface area contributed by atoms with Crippen LogP contribution in [0.5, 0.6) is 0 Å². The van der Waals surface area contributed by atoms with Crippen molar-refractivity contribution in [2.75, 3.05) is 39.9 Å². The maximum absolute atomic E-state index is 14.5. The average Bonchev–Trinajstić information content (AvgIpc) is 3.21. The first kappa shape index (κ1) is 32.9. The third kappa shape index (κ3) is 7.89. The van der Waals surface area contributed by atoms with Crippen LogP contribution in [0.4, 0.5) is 4.79 Å². The average molecular weight is 565 g/mol. The molecule has 9 heteroatoms. The van der Waals surface area contributed by atoms with Crippen molar-refractivity contribution in [2.45, 2.75) is 91.3 Å². The van der Waals surface area contributed by atoms with Crippen molar-refractivity contribution in [1.29, 1.82) is 0 Å². The van der Waals surface area contributed by atoms with Crippen molar-refractivity contribution in [3.63, 3.8) is 0 Å². The number of nitrogens with one attached hydrogen (secondary N) is 1. The summed E-state index contributed by atoms with van der Waals surface area (Å²) in [6.07, 6.45) is 5.40. The molecule has 1 saturated heterocycles. The number of nitrogens with zero attached hydrogens (tertiary/aromatic N) is 3. The van der Waals surface area contributed by atoms with Gasteiger partial charge >= 0.3 is 6.09 Å². The first-order valence-corrected chi connectivity index (χ1v) is 14.5. The van der Waals surface area contributed by atoms with Gasteiger partial charge in [-0.2, -0.15) is 0 Å². The Bertz CT molecular complexity index is 1060. The monoisotopic (exact) mass is 564 g/mol. The molecule has 0 bridgehead atoms. The van der Waals surface area contributed by atoms with Crippen LogP contribution < -0.4 is 5.32 Å². The molecule has 1 aliphatic rings. The lowest BCUT2D eigenvalue weighted by Gasteiger charge is -2.38. The summed E-state index contributed by atoms with van der Waals surface area (Å²) in [6.45, 7) is 12.4. The summed E-state index contributed by atoms with van der Waals surface area (Å²) < 4.78 is 7.57. The molecule has 0 aliphatic carbocycles. The predicted octanol–water partition coefficient (Wildman–Crippen LogP) is 5.59. The van der Waals surface area contributed by atoms with Crippen molar-refractivity contribution in [2.24, 2.45) is 0 Å². The number of likely N-dealkylation sites (N-methyl/N-ethyl adjacent to an activating group) is 1. The van der Waals surface area contributed by atoms with E-state index in [0.29, 0.717) is 26.1 Å². The van der Waals surface area contributed by atoms with Gasteiger partial charge < -0.3 is 29.5 Å². The molecule has 2 aromatic rings. The highest BCUT2D eigenvalue weighted by Crippen LogP contribution is 2.33. The summed E-state index contributed by atoms with van der Waals surface area (Å²) in [5.41, 5.74) is 4.13. The number of methoxy groups -OCH3 is 1. The van der Waals surface area contributed by atoms with E-state index in [1.54, 1.807) is 7.11 Å². The SMILES string of the molecule is CCCc1c(C(=O)N(C(C)C)[C@@H]2CCCNC2)n(CCCCOC)c2c(CCN(CC)C(=O)O)cccc12.Cl. The molecule has 39 heavy (non-hydrogen) atoms. The first-order valence-electron chi connectivity index (χ1n) is 14.5. The van der Waals surface area contributed by atoms with E-state index in [1.807, 2.05) is 6.92 Å². The molecule has 2 N–H and O–H groups in total. The molecule has 1 aromatic carbocycles.